The zero-order valence-electron chi connectivity index (χ0n) is 9.59. The summed E-state index contributed by atoms with van der Waals surface area (Å²) in [5, 5.41) is 1.47. The molecule has 5 heteroatoms. The first-order valence-electron chi connectivity index (χ1n) is 5.96. The number of hydroxylamine groups is 2. The van der Waals surface area contributed by atoms with Crippen molar-refractivity contribution in [1.29, 1.82) is 0 Å². The number of nitrogens with zero attached hydrogens (tertiary/aromatic N) is 2. The van der Waals surface area contributed by atoms with Crippen molar-refractivity contribution >= 4 is 12.3 Å². The van der Waals surface area contributed by atoms with Gasteiger partial charge in [-0.05, 0) is 19.3 Å². The molecule has 0 unspecified atom stereocenters. The first-order chi connectivity index (χ1) is 7.77. The quantitative estimate of drug-likeness (QED) is 0.522. The van der Waals surface area contributed by atoms with Crippen LogP contribution in [0.25, 0.3) is 0 Å². The smallest absolute Gasteiger partial charge is 0.311 e. The summed E-state index contributed by atoms with van der Waals surface area (Å²) < 4.78 is 0. The highest BCUT2D eigenvalue weighted by molar-refractivity contribution is 5.80. The van der Waals surface area contributed by atoms with Gasteiger partial charge in [0.25, 0.3) is 0 Å². The van der Waals surface area contributed by atoms with Gasteiger partial charge in [0, 0.05) is 6.54 Å². The van der Waals surface area contributed by atoms with E-state index in [1.807, 2.05) is 0 Å². The van der Waals surface area contributed by atoms with Crippen LogP contribution in [-0.2, 0) is 9.63 Å². The third-order valence-electron chi connectivity index (χ3n) is 3.25. The predicted molar refractivity (Wildman–Crippen MR) is 57.7 cm³/mol. The Hall–Kier alpha value is -1.10. The molecule has 2 saturated heterocycles. The van der Waals surface area contributed by atoms with Gasteiger partial charge in [-0.3, -0.25) is 4.84 Å². The molecule has 2 bridgehead atoms. The van der Waals surface area contributed by atoms with Crippen LogP contribution in [0.2, 0.25) is 0 Å². The Kier molecular flexibility index (Phi) is 3.43. The summed E-state index contributed by atoms with van der Waals surface area (Å²) in [4.78, 5) is 29.8. The van der Waals surface area contributed by atoms with Gasteiger partial charge in [0.15, 0.2) is 0 Å². The second-order valence-corrected chi connectivity index (χ2v) is 4.38. The molecule has 2 rings (SSSR count). The number of hydrogen-bond acceptors (Lipinski definition) is 3. The molecule has 0 radical (unpaired) electrons. The van der Waals surface area contributed by atoms with E-state index in [1.165, 1.54) is 5.06 Å². The number of carbonyl (C=O) groups is 2. The number of carbonyl (C=O) groups excluding carboxylic acids is 2. The maximum absolute atomic E-state index is 11.9. The zero-order valence-corrected chi connectivity index (χ0v) is 9.59. The summed E-state index contributed by atoms with van der Waals surface area (Å²) >= 11 is 0. The number of amides is 2. The van der Waals surface area contributed by atoms with E-state index in [0.29, 0.717) is 13.2 Å². The van der Waals surface area contributed by atoms with Gasteiger partial charge in [0.05, 0.1) is 18.7 Å². The van der Waals surface area contributed by atoms with Crippen LogP contribution in [-0.4, -0.2) is 47.5 Å². The lowest BCUT2D eigenvalue weighted by atomic mass is 10.0. The van der Waals surface area contributed by atoms with Gasteiger partial charge >= 0.3 is 6.03 Å². The molecule has 0 aliphatic carbocycles. The highest BCUT2D eigenvalue weighted by atomic mass is 16.7. The summed E-state index contributed by atoms with van der Waals surface area (Å²) in [6.45, 7) is 3.30. The maximum atomic E-state index is 11.9. The largest absolute Gasteiger partial charge is 0.344 e. The molecule has 0 aromatic carbocycles. The lowest BCUT2D eigenvalue weighted by Gasteiger charge is -2.25. The molecular weight excluding hydrogens is 208 g/mol. The Morgan fingerprint density at radius 2 is 2.31 bits per heavy atom. The molecule has 0 aromatic rings. The Morgan fingerprint density at radius 3 is 3.00 bits per heavy atom. The normalized spacial score (nSPS) is 28.7. The van der Waals surface area contributed by atoms with E-state index in [4.69, 9.17) is 4.84 Å². The average Bonchev–Trinajstić information content (AvgIpc) is 2.55. The number of rotatable bonds is 5. The van der Waals surface area contributed by atoms with Crippen molar-refractivity contribution in [2.45, 2.75) is 44.7 Å². The third kappa shape index (κ3) is 1.91. The fraction of sp³-hybridized carbons (Fsp3) is 0.818. The summed E-state index contributed by atoms with van der Waals surface area (Å²) in [7, 11) is 0. The van der Waals surface area contributed by atoms with Crippen LogP contribution in [0.15, 0.2) is 0 Å². The molecule has 2 amide bonds. The van der Waals surface area contributed by atoms with Crippen LogP contribution in [0.5, 0.6) is 0 Å². The minimum atomic E-state index is -0.247. The average molecular weight is 226 g/mol. The highest BCUT2D eigenvalue weighted by Crippen LogP contribution is 2.29. The van der Waals surface area contributed by atoms with Gasteiger partial charge in [0.2, 0.25) is 0 Å². The molecule has 0 spiro atoms. The van der Waals surface area contributed by atoms with Crippen LogP contribution in [0.1, 0.15) is 32.6 Å². The van der Waals surface area contributed by atoms with Crippen LogP contribution in [0.4, 0.5) is 4.79 Å². The van der Waals surface area contributed by atoms with Gasteiger partial charge in [-0.15, -0.1) is 0 Å². The van der Waals surface area contributed by atoms with Crippen molar-refractivity contribution in [3.05, 3.63) is 0 Å². The summed E-state index contributed by atoms with van der Waals surface area (Å²) in [5.41, 5.74) is 0. The van der Waals surface area contributed by atoms with Gasteiger partial charge < -0.3 is 9.69 Å². The van der Waals surface area contributed by atoms with E-state index < -0.39 is 0 Å². The van der Waals surface area contributed by atoms with E-state index in [-0.39, 0.29) is 18.1 Å². The van der Waals surface area contributed by atoms with Crippen LogP contribution in [0, 0.1) is 0 Å². The summed E-state index contributed by atoms with van der Waals surface area (Å²) in [6.07, 6.45) is 4.48. The van der Waals surface area contributed by atoms with Crippen molar-refractivity contribution < 1.29 is 14.4 Å². The molecule has 2 aliphatic rings. The Labute approximate surface area is 95.3 Å². The van der Waals surface area contributed by atoms with E-state index in [0.717, 1.165) is 32.0 Å². The standard InChI is InChI=1S/C11H18N2O3/c1-2-3-6-16-13-9-4-5-10(8-14)12(7-9)11(13)15/h8-10H,2-7H2,1H3/t9-,10-/m0/s1. The van der Waals surface area contributed by atoms with Gasteiger partial charge in [-0.25, -0.2) is 4.79 Å². The number of urea groups is 1. The SMILES string of the molecule is CCCCON1C(=O)N2C[C@@H]1CC[C@H]2C=O. The molecule has 2 heterocycles. The molecule has 2 atom stereocenters. The molecule has 5 nitrogen and oxygen atoms in total. The van der Waals surface area contributed by atoms with E-state index in [9.17, 15) is 9.59 Å². The molecule has 16 heavy (non-hydrogen) atoms. The van der Waals surface area contributed by atoms with Crippen molar-refractivity contribution in [1.82, 2.24) is 9.96 Å². The molecule has 0 N–H and O–H groups in total. The molecule has 0 aromatic heterocycles. The topological polar surface area (TPSA) is 49.9 Å². The third-order valence-corrected chi connectivity index (χ3v) is 3.25. The van der Waals surface area contributed by atoms with Crippen LogP contribution in [0.3, 0.4) is 0 Å². The van der Waals surface area contributed by atoms with E-state index in [1.54, 1.807) is 4.90 Å². The fourth-order valence-corrected chi connectivity index (χ4v) is 2.28. The maximum Gasteiger partial charge on any atom is 0.344 e. The number of unbranched alkanes of at least 4 members (excludes halogenated alkanes) is 1. The van der Waals surface area contributed by atoms with Crippen LogP contribution >= 0.6 is 0 Å². The highest BCUT2D eigenvalue weighted by Gasteiger charge is 2.45. The van der Waals surface area contributed by atoms with Gasteiger partial charge in [-0.1, -0.05) is 13.3 Å². The number of hydrogen-bond donors (Lipinski definition) is 0. The number of aldehydes is 1. The molecule has 0 saturated carbocycles. The lowest BCUT2D eigenvalue weighted by molar-refractivity contribution is -0.130. The van der Waals surface area contributed by atoms with Crippen molar-refractivity contribution in [2.24, 2.45) is 0 Å². The Balaban J connectivity index is 1.96. The lowest BCUT2D eigenvalue weighted by Crippen LogP contribution is -2.40. The predicted octanol–water partition coefficient (Wildman–Crippen LogP) is 1.19. The minimum absolute atomic E-state index is 0.139. The molecule has 90 valence electrons. The van der Waals surface area contributed by atoms with Crippen molar-refractivity contribution in [2.75, 3.05) is 13.2 Å². The zero-order chi connectivity index (χ0) is 11.5. The van der Waals surface area contributed by atoms with E-state index in [2.05, 4.69) is 6.92 Å². The Bertz CT molecular complexity index is 282. The fourth-order valence-electron chi connectivity index (χ4n) is 2.28. The second-order valence-electron chi connectivity index (χ2n) is 4.38. The van der Waals surface area contributed by atoms with Crippen molar-refractivity contribution in [3.8, 4) is 0 Å². The number of fused-ring (bicyclic) bond motifs is 2. The number of piperidine rings is 1. The molecule has 2 fully saturated rings. The summed E-state index contributed by atoms with van der Waals surface area (Å²) in [5.74, 6) is 0. The first-order valence-corrected chi connectivity index (χ1v) is 5.96. The van der Waals surface area contributed by atoms with Gasteiger partial charge in [-0.2, -0.15) is 5.06 Å². The molecular formula is C11H18N2O3. The summed E-state index contributed by atoms with van der Waals surface area (Å²) in [6, 6.07) is -0.250. The van der Waals surface area contributed by atoms with Gasteiger partial charge in [0.1, 0.15) is 6.29 Å². The molecule has 2 aliphatic heterocycles. The van der Waals surface area contributed by atoms with Crippen LogP contribution < -0.4 is 0 Å². The Morgan fingerprint density at radius 1 is 1.50 bits per heavy atom. The second kappa shape index (κ2) is 4.82. The van der Waals surface area contributed by atoms with Crippen molar-refractivity contribution in [3.63, 3.8) is 0 Å². The first kappa shape index (κ1) is 11.4. The monoisotopic (exact) mass is 226 g/mol. The van der Waals surface area contributed by atoms with E-state index >= 15 is 0 Å². The minimum Gasteiger partial charge on any atom is -0.311 e.